The molecule has 24 heteroatoms. The highest BCUT2D eigenvalue weighted by Crippen LogP contribution is 2.50. The smallest absolute Gasteiger partial charge is 0.157 e. The van der Waals surface area contributed by atoms with Crippen molar-refractivity contribution in [3.8, 4) is 0 Å². The van der Waals surface area contributed by atoms with Crippen molar-refractivity contribution >= 4 is 88.4 Å². The minimum absolute atomic E-state index is 0.500. The van der Waals surface area contributed by atoms with E-state index in [0.717, 1.165) is 134 Å². The molecule has 18 nitrogen and oxygen atoms in total. The zero-order chi connectivity index (χ0) is 73.0. The average Bonchev–Trinajstić information content (AvgIpc) is 1.57. The molecule has 12 rings (SSSR count). The molecule has 0 radical (unpaired) electrons. The Morgan fingerprint density at radius 2 is 0.647 bits per heavy atom. The Balaban J connectivity index is 0.000000165. The van der Waals surface area contributed by atoms with Gasteiger partial charge in [0, 0.05) is 148 Å². The summed E-state index contributed by atoms with van der Waals surface area (Å²) in [4.78, 5) is 21.7. The first-order valence-corrected chi connectivity index (χ1v) is 61.9. The maximum Gasteiger partial charge on any atom is 0.157 e. The SMILES string of the molecule is C[Si](C)(C)CCOCN(COCC[Si](C)(C)C)c1cc(C2=C[C@@H]3CC[C@H](C2)C3)nc2ccnn12.C[Si](C)(C)CCOCN(COCC[Si](C)(C)C)c1cc(C2CC3CCC(C3)C2)nc2ccnn12.C[Si](C)(C)CCOCN(COCC[Si](C)(C)C)c1cc(C2CC3CCC(C3)C2)nc2ccnn12. The standard InChI is InChI=1S/2C26H46N4O2Si2.C26H44N4O2Si2/c3*1-33(2,3)13-11-31-19-29(20-32-12-14-34(4,5)6)26-18-24(28-25-9-10-27-30(25)26)23-16-21-7-8-22(15-21)17-23/h2*9-10,18,21-23H,7-8,11-17,19-20H2,1-6H3;9-10,16,18,21-22H,7-8,11-15,17,19-20H2,1-6H3/t;;21-,22+/m..1/s1. The lowest BCUT2D eigenvalue weighted by molar-refractivity contribution is 0.0940. The molecule has 6 bridgehead atoms. The van der Waals surface area contributed by atoms with E-state index in [-0.39, 0.29) is 0 Å². The Bertz CT molecular complexity index is 3360. The van der Waals surface area contributed by atoms with Gasteiger partial charge in [-0.25, -0.2) is 15.0 Å². The largest absolute Gasteiger partial charge is 0.361 e. The highest BCUT2D eigenvalue weighted by atomic mass is 28.3. The summed E-state index contributed by atoms with van der Waals surface area (Å²) in [5, 5.41) is 13.8. The van der Waals surface area contributed by atoms with Crippen molar-refractivity contribution in [1.82, 2.24) is 43.8 Å². The molecule has 6 atom stereocenters. The van der Waals surface area contributed by atoms with Gasteiger partial charge in [0.2, 0.25) is 0 Å². The van der Waals surface area contributed by atoms with E-state index in [9.17, 15) is 0 Å². The molecular weight excluding hydrogens is 1370 g/mol. The van der Waals surface area contributed by atoms with Gasteiger partial charge in [0.25, 0.3) is 0 Å². The van der Waals surface area contributed by atoms with Crippen LogP contribution in [0.25, 0.3) is 22.5 Å². The maximum atomic E-state index is 6.21. The number of anilines is 3. The molecule has 4 unspecified atom stereocenters. The summed E-state index contributed by atoms with van der Waals surface area (Å²) in [5.74, 6) is 9.33. The summed E-state index contributed by atoms with van der Waals surface area (Å²) in [7, 11) is -6.80. The van der Waals surface area contributed by atoms with Gasteiger partial charge >= 0.3 is 0 Å². The van der Waals surface area contributed by atoms with Crippen LogP contribution in [-0.2, 0) is 28.4 Å². The third kappa shape index (κ3) is 25.3. The van der Waals surface area contributed by atoms with Crippen molar-refractivity contribution in [3.05, 3.63) is 78.1 Å². The number of hydrogen-bond donors (Lipinski definition) is 0. The topological polar surface area (TPSA) is 156 Å². The van der Waals surface area contributed by atoms with E-state index in [0.29, 0.717) is 52.2 Å². The lowest BCUT2D eigenvalue weighted by Crippen LogP contribution is -2.33. The Morgan fingerprint density at radius 3 is 0.951 bits per heavy atom. The summed E-state index contributed by atoms with van der Waals surface area (Å²) in [6.07, 6.45) is 26.9. The van der Waals surface area contributed by atoms with E-state index >= 15 is 0 Å². The van der Waals surface area contributed by atoms with Gasteiger partial charge in [0.1, 0.15) is 57.8 Å². The summed E-state index contributed by atoms with van der Waals surface area (Å²) in [6.45, 7) is 50.9. The number of fused-ring (bicyclic) bond motifs is 9. The fraction of sp³-hybridized carbons (Fsp3) is 0.744. The monoisotopic (exact) mass is 1500 g/mol. The van der Waals surface area contributed by atoms with Gasteiger partial charge in [0.05, 0.1) is 24.3 Å². The van der Waals surface area contributed by atoms with Gasteiger partial charge in [-0.15, -0.1) is 0 Å². The third-order valence-corrected chi connectivity index (χ3v) is 32.2. The van der Waals surface area contributed by atoms with Gasteiger partial charge in [0.15, 0.2) is 16.9 Å². The number of nitrogens with zero attached hydrogens (tertiary/aromatic N) is 12. The number of rotatable bonds is 36. The predicted octanol–water partition coefficient (Wildman–Crippen LogP) is 19.3. The number of allylic oxidation sites excluding steroid dienone is 2. The summed E-state index contributed by atoms with van der Waals surface area (Å²) >= 11 is 0. The Kier molecular flexibility index (Phi) is 28.3. The van der Waals surface area contributed by atoms with Crippen LogP contribution in [0.2, 0.25) is 154 Å². The van der Waals surface area contributed by atoms with Crippen molar-refractivity contribution < 1.29 is 28.4 Å². The van der Waals surface area contributed by atoms with Crippen molar-refractivity contribution in [2.75, 3.05) is 94.7 Å². The molecule has 0 saturated heterocycles. The van der Waals surface area contributed by atoms with E-state index in [1.54, 1.807) is 0 Å². The first-order valence-electron chi connectivity index (χ1n) is 39.7. The molecule has 0 N–H and O–H groups in total. The Morgan fingerprint density at radius 1 is 0.353 bits per heavy atom. The first kappa shape index (κ1) is 80.6. The molecule has 0 amide bonds. The lowest BCUT2D eigenvalue weighted by atomic mass is 9.79. The van der Waals surface area contributed by atoms with Gasteiger partial charge in [-0.05, 0) is 142 Å². The molecule has 5 saturated carbocycles. The third-order valence-electron chi connectivity index (χ3n) is 22.0. The molecule has 0 spiro atoms. The predicted molar refractivity (Wildman–Crippen MR) is 439 cm³/mol. The fourth-order valence-electron chi connectivity index (χ4n) is 15.6. The fourth-order valence-corrected chi connectivity index (χ4v) is 20.2. The zero-order valence-corrected chi connectivity index (χ0v) is 72.8. The average molecular weight is 1510 g/mol. The second-order valence-corrected chi connectivity index (χ2v) is 72.6. The number of aromatic nitrogens is 9. The molecule has 6 aliphatic rings. The molecular formula is C78H136N12O6Si6. The van der Waals surface area contributed by atoms with Crippen LogP contribution in [0.3, 0.4) is 0 Å². The zero-order valence-electron chi connectivity index (χ0n) is 66.8. The van der Waals surface area contributed by atoms with Crippen molar-refractivity contribution in [2.45, 2.75) is 256 Å². The molecule has 102 heavy (non-hydrogen) atoms. The maximum absolute atomic E-state index is 6.21. The van der Waals surface area contributed by atoms with Crippen LogP contribution in [0.15, 0.2) is 61.1 Å². The quantitative estimate of drug-likeness (QED) is 0.0208. The van der Waals surface area contributed by atoms with Gasteiger partial charge in [-0.1, -0.05) is 150 Å². The summed E-state index contributed by atoms with van der Waals surface area (Å²) < 4.78 is 43.1. The molecule has 0 aliphatic heterocycles. The van der Waals surface area contributed by atoms with Crippen LogP contribution in [0.4, 0.5) is 17.5 Å². The van der Waals surface area contributed by atoms with Gasteiger partial charge < -0.3 is 43.1 Å². The molecule has 6 heterocycles. The van der Waals surface area contributed by atoms with Crippen molar-refractivity contribution in [3.63, 3.8) is 0 Å². The number of hydrogen-bond acceptors (Lipinski definition) is 15. The second kappa shape index (κ2) is 35.9. The van der Waals surface area contributed by atoms with Crippen molar-refractivity contribution in [1.29, 1.82) is 0 Å². The molecule has 6 aromatic rings. The normalized spacial score (nSPS) is 22.3. The van der Waals surface area contributed by atoms with E-state index in [1.807, 2.05) is 50.3 Å². The first-order chi connectivity index (χ1) is 48.2. The second-order valence-electron chi connectivity index (χ2n) is 38.9. The van der Waals surface area contributed by atoms with Crippen LogP contribution in [0.5, 0.6) is 0 Å². The van der Waals surface area contributed by atoms with Crippen LogP contribution in [0, 0.1) is 35.5 Å². The van der Waals surface area contributed by atoms with E-state index in [2.05, 4.69) is 172 Å². The van der Waals surface area contributed by atoms with Crippen LogP contribution in [-0.4, -0.2) is 172 Å². The summed E-state index contributed by atoms with van der Waals surface area (Å²) in [5.41, 5.74) is 7.71. The highest BCUT2D eigenvalue weighted by Gasteiger charge is 2.38. The molecule has 0 aromatic carbocycles. The van der Waals surface area contributed by atoms with E-state index < -0.39 is 48.4 Å². The molecule has 5 fully saturated rings. The number of ether oxygens (including phenoxy) is 6. The summed E-state index contributed by atoms with van der Waals surface area (Å²) in [6, 6.07) is 19.8. The minimum Gasteiger partial charge on any atom is -0.361 e. The Hall–Kier alpha value is -3.94. The molecule has 568 valence electrons. The lowest BCUT2D eigenvalue weighted by Gasteiger charge is -2.30. The molecule has 6 aromatic heterocycles. The van der Waals surface area contributed by atoms with Crippen LogP contribution in [0.1, 0.15) is 119 Å². The van der Waals surface area contributed by atoms with E-state index in [4.69, 9.17) is 43.4 Å². The van der Waals surface area contributed by atoms with Crippen molar-refractivity contribution in [2.24, 2.45) is 35.5 Å². The highest BCUT2D eigenvalue weighted by molar-refractivity contribution is 6.77. The van der Waals surface area contributed by atoms with Gasteiger partial charge in [-0.2, -0.15) is 28.8 Å². The van der Waals surface area contributed by atoms with Crippen LogP contribution < -0.4 is 14.7 Å². The van der Waals surface area contributed by atoms with Crippen LogP contribution >= 0.6 is 0 Å². The molecule has 6 aliphatic carbocycles. The minimum atomic E-state index is -1.14. The van der Waals surface area contributed by atoms with Gasteiger partial charge in [-0.3, -0.25) is 0 Å². The van der Waals surface area contributed by atoms with E-state index in [1.165, 1.54) is 125 Å². The Labute approximate surface area is 621 Å².